The molecule has 0 radical (unpaired) electrons. The van der Waals surface area contributed by atoms with Gasteiger partial charge in [-0.15, -0.1) is 0 Å². The Morgan fingerprint density at radius 2 is 1.76 bits per heavy atom. The summed E-state index contributed by atoms with van der Waals surface area (Å²) in [6, 6.07) is 9.87. The molecule has 15 heteroatoms. The van der Waals surface area contributed by atoms with E-state index in [2.05, 4.69) is 24.4 Å². The molecule has 1 aliphatic rings. The smallest absolute Gasteiger partial charge is 0.298 e. The van der Waals surface area contributed by atoms with Crippen LogP contribution in [0.25, 0.3) is 22.0 Å². The summed E-state index contributed by atoms with van der Waals surface area (Å²) in [4.78, 5) is 50.3. The van der Waals surface area contributed by atoms with Gasteiger partial charge < -0.3 is 19.3 Å². The number of ether oxygens (including phenoxy) is 2. The van der Waals surface area contributed by atoms with Crippen LogP contribution >= 0.6 is 0 Å². The Kier molecular flexibility index (Phi) is 8.99. The summed E-state index contributed by atoms with van der Waals surface area (Å²) in [5.41, 5.74) is 1.82. The van der Waals surface area contributed by atoms with Crippen LogP contribution in [0.1, 0.15) is 6.92 Å². The highest BCUT2D eigenvalue weighted by molar-refractivity contribution is 7.92. The molecule has 1 aliphatic heterocycles. The van der Waals surface area contributed by atoms with E-state index >= 15 is 0 Å². The number of benzene rings is 2. The average Bonchev–Trinajstić information content (AvgIpc) is 3.03. The Bertz CT molecular complexity index is 1930. The molecule has 45 heavy (non-hydrogen) atoms. The third-order valence-corrected chi connectivity index (χ3v) is 8.36. The van der Waals surface area contributed by atoms with Gasteiger partial charge in [0, 0.05) is 55.5 Å². The first-order chi connectivity index (χ1) is 21.6. The third-order valence-electron chi connectivity index (χ3n) is 6.96. The predicted octanol–water partition coefficient (Wildman–Crippen LogP) is 2.97. The van der Waals surface area contributed by atoms with E-state index < -0.39 is 20.7 Å². The van der Waals surface area contributed by atoms with Crippen LogP contribution in [0.4, 0.5) is 15.9 Å². The first kappa shape index (κ1) is 31.0. The number of amides is 1. The van der Waals surface area contributed by atoms with Gasteiger partial charge in [-0.3, -0.25) is 19.1 Å². The highest BCUT2D eigenvalue weighted by Gasteiger charge is 2.24. The Morgan fingerprint density at radius 3 is 2.44 bits per heavy atom. The van der Waals surface area contributed by atoms with Gasteiger partial charge in [-0.1, -0.05) is 6.07 Å². The van der Waals surface area contributed by atoms with Crippen molar-refractivity contribution in [2.24, 2.45) is 0 Å². The van der Waals surface area contributed by atoms with Crippen molar-refractivity contribution < 1.29 is 36.7 Å². The number of hydrogen-bond donors (Lipinski definition) is 1. The number of anilines is 2. The molecule has 5 rings (SSSR count). The monoisotopic (exact) mass is 634 g/mol. The molecule has 232 valence electrons. The third kappa shape index (κ3) is 6.88. The summed E-state index contributed by atoms with van der Waals surface area (Å²) in [5, 5.41) is 0.726. The van der Waals surface area contributed by atoms with Gasteiger partial charge in [0.25, 0.3) is 16.5 Å². The van der Waals surface area contributed by atoms with Gasteiger partial charge >= 0.3 is 0 Å². The first-order valence-corrected chi connectivity index (χ1v) is 15.0. The summed E-state index contributed by atoms with van der Waals surface area (Å²) >= 11 is 0. The minimum Gasteiger partial charge on any atom is -0.480 e. The summed E-state index contributed by atoms with van der Waals surface area (Å²) in [6.45, 7) is 3.37. The second kappa shape index (κ2) is 13.1. The molecule has 0 unspecified atom stereocenters. The topological polar surface area (TPSA) is 161 Å². The maximum atomic E-state index is 14.7. The van der Waals surface area contributed by atoms with Crippen molar-refractivity contribution in [3.05, 3.63) is 73.0 Å². The summed E-state index contributed by atoms with van der Waals surface area (Å²) < 4.78 is 53.1. The summed E-state index contributed by atoms with van der Waals surface area (Å²) in [7, 11) is -3.13. The molecule has 0 atom stereocenters. The van der Waals surface area contributed by atoms with Crippen LogP contribution in [0, 0.1) is 5.82 Å². The molecule has 0 aliphatic carbocycles. The molecular formula is C30H27FN6O7S. The van der Waals surface area contributed by atoms with Crippen LogP contribution in [0.15, 0.2) is 72.0 Å². The number of methoxy groups -OCH3 is 1. The van der Waals surface area contributed by atoms with Crippen molar-refractivity contribution in [3.63, 3.8) is 0 Å². The largest absolute Gasteiger partial charge is 0.480 e. The van der Waals surface area contributed by atoms with Crippen LogP contribution < -0.4 is 19.1 Å². The number of rotatable bonds is 10. The number of pyridine rings is 1. The average molecular weight is 635 g/mol. The molecule has 13 nitrogen and oxygen atoms in total. The molecule has 3 heterocycles. The number of fused-ring (bicyclic) bond motifs is 1. The second-order valence-corrected chi connectivity index (χ2v) is 11.5. The van der Waals surface area contributed by atoms with Crippen molar-refractivity contribution in [2.75, 3.05) is 42.9 Å². The molecule has 1 N–H and O–H groups in total. The minimum atomic E-state index is -4.45. The fourth-order valence-corrected chi connectivity index (χ4v) is 5.89. The van der Waals surface area contributed by atoms with Gasteiger partial charge in [0.2, 0.25) is 11.8 Å². The minimum absolute atomic E-state index is 0.0353. The van der Waals surface area contributed by atoms with E-state index in [1.807, 2.05) is 11.0 Å². The number of sulfonamides is 1. The van der Waals surface area contributed by atoms with Crippen LogP contribution in [0.2, 0.25) is 0 Å². The molecule has 4 aromatic rings. The maximum absolute atomic E-state index is 14.7. The highest BCUT2D eigenvalue weighted by atomic mass is 32.2. The zero-order chi connectivity index (χ0) is 32.1. The van der Waals surface area contributed by atoms with Crippen molar-refractivity contribution in [3.8, 4) is 22.8 Å². The van der Waals surface area contributed by atoms with Gasteiger partial charge in [0.1, 0.15) is 34.3 Å². The molecule has 2 aromatic heterocycles. The lowest BCUT2D eigenvalue weighted by molar-refractivity contribution is -0.126. The lowest BCUT2D eigenvalue weighted by Crippen LogP contribution is -2.48. The summed E-state index contributed by atoms with van der Waals surface area (Å²) in [6.07, 6.45) is 5.49. The van der Waals surface area contributed by atoms with E-state index in [4.69, 9.17) is 4.74 Å². The van der Waals surface area contributed by atoms with Gasteiger partial charge in [0.05, 0.1) is 12.6 Å². The van der Waals surface area contributed by atoms with Crippen molar-refractivity contribution in [1.29, 1.82) is 0 Å². The number of ketones is 1. The number of carbonyl (C=O) groups is 3. The molecule has 0 bridgehead atoms. The number of halogens is 1. The van der Waals surface area contributed by atoms with E-state index in [1.165, 1.54) is 44.8 Å². The van der Waals surface area contributed by atoms with Crippen molar-refractivity contribution in [1.82, 2.24) is 19.9 Å². The van der Waals surface area contributed by atoms with E-state index in [1.54, 1.807) is 17.0 Å². The van der Waals surface area contributed by atoms with Crippen LogP contribution in [-0.2, 0) is 24.4 Å². The normalized spacial score (nSPS) is 13.6. The van der Waals surface area contributed by atoms with E-state index in [9.17, 15) is 27.2 Å². The Morgan fingerprint density at radius 1 is 0.978 bits per heavy atom. The quantitative estimate of drug-likeness (QED) is 0.202. The number of allylic oxidation sites excluding steroid dienone is 1. The van der Waals surface area contributed by atoms with Crippen molar-refractivity contribution >= 4 is 50.6 Å². The van der Waals surface area contributed by atoms with Crippen molar-refractivity contribution in [2.45, 2.75) is 11.8 Å². The van der Waals surface area contributed by atoms with Gasteiger partial charge in [-0.2, -0.15) is 0 Å². The van der Waals surface area contributed by atoms with Gasteiger partial charge in [0.15, 0.2) is 5.78 Å². The fraction of sp³-hybridized carbons (Fsp3) is 0.200. The second-order valence-electron chi connectivity index (χ2n) is 9.88. The first-order valence-electron chi connectivity index (χ1n) is 13.5. The number of piperazine rings is 1. The number of carbonyl (C=O) groups excluding carboxylic acids is 3. The van der Waals surface area contributed by atoms with Crippen LogP contribution in [0.3, 0.4) is 0 Å². The number of hydrogen-bond acceptors (Lipinski definition) is 11. The molecule has 0 spiro atoms. The zero-order valence-electron chi connectivity index (χ0n) is 24.1. The lowest BCUT2D eigenvalue weighted by atomic mass is 10.0. The standard InChI is InChI=1S/C30H27FN6O7S/c1-19(39)3-8-28(40)36-9-11-37(12-10-36)29-23-13-20(4-6-25(23)33-17-34-29)21-14-26(30(43-2)32-16-21)35-45(41,42)27-7-5-22(44-18-38)15-24(27)31/h3-8,13-18,35H,9-12H2,1-2H3/b8-3+. The number of nitrogens with zero attached hydrogens (tertiary/aromatic N) is 5. The predicted molar refractivity (Wildman–Crippen MR) is 162 cm³/mol. The van der Waals surface area contributed by atoms with Gasteiger partial charge in [-0.05, 0) is 48.9 Å². The molecule has 2 aromatic carbocycles. The Balaban J connectivity index is 1.42. The van der Waals surface area contributed by atoms with Gasteiger partial charge in [-0.25, -0.2) is 27.8 Å². The highest BCUT2D eigenvalue weighted by Crippen LogP contribution is 2.34. The SMILES string of the molecule is COc1ncc(-c2ccc3ncnc(N4CCN(C(=O)/C=C/C(C)=O)CC4)c3c2)cc1NS(=O)(=O)c1ccc(OC=O)cc1F. The molecule has 1 amide bonds. The number of nitrogens with one attached hydrogen (secondary N) is 1. The molecular weight excluding hydrogens is 607 g/mol. The molecule has 1 fully saturated rings. The van der Waals surface area contributed by atoms with E-state index in [0.717, 1.165) is 23.6 Å². The molecule has 1 saturated heterocycles. The van der Waals surface area contributed by atoms with Crippen LogP contribution in [-0.4, -0.2) is 79.7 Å². The molecule has 0 saturated carbocycles. The zero-order valence-corrected chi connectivity index (χ0v) is 25.0. The fourth-order valence-electron chi connectivity index (χ4n) is 4.78. The van der Waals surface area contributed by atoms with E-state index in [0.29, 0.717) is 48.6 Å². The van der Waals surface area contributed by atoms with E-state index in [-0.39, 0.29) is 35.5 Å². The van der Waals surface area contributed by atoms with Crippen LogP contribution in [0.5, 0.6) is 11.6 Å². The Labute approximate surface area is 257 Å². The summed E-state index contributed by atoms with van der Waals surface area (Å²) in [5.74, 6) is -1.09. The maximum Gasteiger partial charge on any atom is 0.298 e. The Hall–Kier alpha value is -5.44. The lowest BCUT2D eigenvalue weighted by Gasteiger charge is -2.35. The number of aromatic nitrogens is 3.